The number of nitro groups is 1. The summed E-state index contributed by atoms with van der Waals surface area (Å²) in [5, 5.41) is 14.4. The van der Waals surface area contributed by atoms with Crippen LogP contribution in [0.5, 0.6) is 0 Å². The molecule has 10 nitrogen and oxygen atoms in total. The number of non-ortho nitro benzene ring substituents is 1. The highest BCUT2D eigenvalue weighted by atomic mass is 16.6. The lowest BCUT2D eigenvalue weighted by Crippen LogP contribution is -2.62. The summed E-state index contributed by atoms with van der Waals surface area (Å²) in [7, 11) is 0. The van der Waals surface area contributed by atoms with Crippen molar-refractivity contribution < 1.29 is 14.5 Å². The molecular weight excluding hydrogens is 460 g/mol. The number of likely N-dealkylation sites (tertiary alicyclic amines) is 1. The monoisotopic (exact) mass is 492 g/mol. The second kappa shape index (κ2) is 10.6. The molecule has 0 unspecified atom stereocenters. The molecule has 2 amide bonds. The number of nitrogens with one attached hydrogen (secondary N) is 1. The first-order valence-electron chi connectivity index (χ1n) is 12.7. The van der Waals surface area contributed by atoms with Gasteiger partial charge in [0.15, 0.2) is 0 Å². The van der Waals surface area contributed by atoms with E-state index in [0.29, 0.717) is 45.6 Å². The van der Waals surface area contributed by atoms with Crippen molar-refractivity contribution in [1.82, 2.24) is 20.1 Å². The predicted octanol–water partition coefficient (Wildman–Crippen LogP) is 1.63. The molecule has 1 aromatic heterocycles. The lowest BCUT2D eigenvalue weighted by Gasteiger charge is -2.49. The number of hydrogen-bond acceptors (Lipinski definition) is 7. The maximum absolute atomic E-state index is 13.4. The zero-order chi connectivity index (χ0) is 25.1. The molecule has 2 fully saturated rings. The van der Waals surface area contributed by atoms with Crippen molar-refractivity contribution in [2.75, 3.05) is 50.7 Å². The summed E-state index contributed by atoms with van der Waals surface area (Å²) in [6, 6.07) is 10.6. The lowest BCUT2D eigenvalue weighted by atomic mass is 9.83. The Labute approximate surface area is 210 Å². The molecule has 2 saturated heterocycles. The first kappa shape index (κ1) is 24.2. The van der Waals surface area contributed by atoms with E-state index in [1.54, 1.807) is 18.3 Å². The Morgan fingerprint density at radius 1 is 1.11 bits per heavy atom. The van der Waals surface area contributed by atoms with Crippen molar-refractivity contribution in [1.29, 1.82) is 0 Å². The highest BCUT2D eigenvalue weighted by molar-refractivity contribution is 5.82. The molecule has 0 radical (unpaired) electrons. The van der Waals surface area contributed by atoms with Crippen LogP contribution < -0.4 is 10.2 Å². The van der Waals surface area contributed by atoms with E-state index >= 15 is 0 Å². The number of amides is 2. The molecule has 2 aromatic rings. The summed E-state index contributed by atoms with van der Waals surface area (Å²) in [4.78, 5) is 47.8. The third-order valence-electron chi connectivity index (χ3n) is 7.55. The fourth-order valence-corrected chi connectivity index (χ4v) is 5.67. The largest absolute Gasteiger partial charge is 0.365 e. The number of aromatic nitrogens is 1. The number of carbonyl (C=O) groups is 2. The van der Waals surface area contributed by atoms with Crippen molar-refractivity contribution in [3.63, 3.8) is 0 Å². The fourth-order valence-electron chi connectivity index (χ4n) is 5.67. The van der Waals surface area contributed by atoms with Crippen molar-refractivity contribution >= 4 is 23.2 Å². The summed E-state index contributed by atoms with van der Waals surface area (Å²) in [5.41, 5.74) is 2.73. The molecule has 1 N–H and O–H groups in total. The van der Waals surface area contributed by atoms with Crippen molar-refractivity contribution in [2.24, 2.45) is 5.92 Å². The van der Waals surface area contributed by atoms with E-state index in [1.165, 1.54) is 6.07 Å². The molecule has 0 spiro atoms. The van der Waals surface area contributed by atoms with Gasteiger partial charge in [-0.25, -0.2) is 0 Å². The molecule has 36 heavy (non-hydrogen) atoms. The van der Waals surface area contributed by atoms with Gasteiger partial charge >= 0.3 is 0 Å². The minimum absolute atomic E-state index is 0.0383. The molecule has 4 heterocycles. The van der Waals surface area contributed by atoms with Crippen LogP contribution in [0.3, 0.4) is 0 Å². The number of nitrogens with zero attached hydrogens (tertiary/aromatic N) is 5. The molecule has 3 aliphatic heterocycles. The van der Waals surface area contributed by atoms with E-state index in [9.17, 15) is 19.7 Å². The van der Waals surface area contributed by atoms with Crippen LogP contribution in [0.4, 0.5) is 11.4 Å². The Morgan fingerprint density at radius 3 is 2.69 bits per heavy atom. The number of hydrogen-bond donors (Lipinski definition) is 1. The van der Waals surface area contributed by atoms with Gasteiger partial charge in [0.2, 0.25) is 11.8 Å². The van der Waals surface area contributed by atoms with Gasteiger partial charge in [0.05, 0.1) is 23.4 Å². The summed E-state index contributed by atoms with van der Waals surface area (Å²) in [6.45, 7) is 4.48. The molecule has 5 rings (SSSR count). The third-order valence-corrected chi connectivity index (χ3v) is 7.55. The van der Waals surface area contributed by atoms with Crippen LogP contribution in [-0.2, 0) is 22.4 Å². The number of pyridine rings is 1. The highest BCUT2D eigenvalue weighted by Gasteiger charge is 2.42. The number of fused-ring (bicyclic) bond motifs is 3. The maximum Gasteiger partial charge on any atom is 0.269 e. The van der Waals surface area contributed by atoms with Crippen LogP contribution in [0, 0.1) is 16.0 Å². The average molecular weight is 493 g/mol. The standard InChI is InChI=1S/C26H32N6O4/c33-25(30-11-3-4-12-30)18-29-13-14-31-23-7-6-21(32(35)36)15-19(23)16-22(24(31)17-29)26(34)28-10-8-20-5-1-2-9-27-20/h1-2,5-7,9,15,22,24H,3-4,8,10-14,16-18H2,(H,28,34)/t22-,24-/m0/s1. The quantitative estimate of drug-likeness (QED) is 0.462. The zero-order valence-corrected chi connectivity index (χ0v) is 20.3. The Hall–Kier alpha value is -3.53. The molecular formula is C26H32N6O4. The first-order valence-corrected chi connectivity index (χ1v) is 12.7. The maximum atomic E-state index is 13.4. The van der Waals surface area contributed by atoms with Gasteiger partial charge in [-0.3, -0.25) is 29.6 Å². The number of carbonyl (C=O) groups excluding carboxylic acids is 2. The molecule has 10 heteroatoms. The molecule has 0 bridgehead atoms. The van der Waals surface area contributed by atoms with Gasteiger partial charge < -0.3 is 15.1 Å². The summed E-state index contributed by atoms with van der Waals surface area (Å²) >= 11 is 0. The van der Waals surface area contributed by atoms with Gasteiger partial charge in [-0.2, -0.15) is 0 Å². The Balaban J connectivity index is 1.32. The molecule has 2 atom stereocenters. The van der Waals surface area contributed by atoms with Crippen molar-refractivity contribution in [2.45, 2.75) is 31.7 Å². The Morgan fingerprint density at radius 2 is 1.94 bits per heavy atom. The number of rotatable bonds is 7. The van der Waals surface area contributed by atoms with E-state index in [2.05, 4.69) is 20.1 Å². The smallest absolute Gasteiger partial charge is 0.269 e. The zero-order valence-electron chi connectivity index (χ0n) is 20.3. The van der Waals surface area contributed by atoms with Gasteiger partial charge in [-0.1, -0.05) is 6.07 Å². The van der Waals surface area contributed by atoms with Crippen LogP contribution in [0.15, 0.2) is 42.6 Å². The van der Waals surface area contributed by atoms with E-state index in [-0.39, 0.29) is 29.5 Å². The number of nitro benzene ring substituents is 1. The Kier molecular flexibility index (Phi) is 7.13. The van der Waals surface area contributed by atoms with Crippen LogP contribution in [0.1, 0.15) is 24.1 Å². The first-order chi connectivity index (χ1) is 17.5. The second-order valence-corrected chi connectivity index (χ2v) is 9.83. The van der Waals surface area contributed by atoms with Crippen LogP contribution in [-0.4, -0.2) is 83.4 Å². The number of anilines is 1. The van der Waals surface area contributed by atoms with Crippen LogP contribution in [0.2, 0.25) is 0 Å². The van der Waals surface area contributed by atoms with Gasteiger partial charge in [0, 0.05) is 75.4 Å². The van der Waals surface area contributed by atoms with Crippen molar-refractivity contribution in [3.8, 4) is 0 Å². The van der Waals surface area contributed by atoms with E-state index in [0.717, 1.165) is 42.9 Å². The van der Waals surface area contributed by atoms with Crippen molar-refractivity contribution in [3.05, 3.63) is 64.0 Å². The molecule has 3 aliphatic rings. The summed E-state index contributed by atoms with van der Waals surface area (Å²) < 4.78 is 0. The fraction of sp³-hybridized carbons (Fsp3) is 0.500. The number of piperazine rings is 1. The number of benzene rings is 1. The average Bonchev–Trinajstić information content (AvgIpc) is 3.44. The summed E-state index contributed by atoms with van der Waals surface area (Å²) in [6.07, 6.45) is 4.92. The van der Waals surface area contributed by atoms with Crippen LogP contribution >= 0.6 is 0 Å². The van der Waals surface area contributed by atoms with Crippen LogP contribution in [0.25, 0.3) is 0 Å². The molecule has 0 saturated carbocycles. The highest BCUT2D eigenvalue weighted by Crippen LogP contribution is 2.38. The normalized spacial score (nSPS) is 21.6. The predicted molar refractivity (Wildman–Crippen MR) is 135 cm³/mol. The van der Waals surface area contributed by atoms with E-state index < -0.39 is 4.92 Å². The lowest BCUT2D eigenvalue weighted by molar-refractivity contribution is -0.384. The molecule has 190 valence electrons. The molecule has 1 aromatic carbocycles. The van der Waals surface area contributed by atoms with Gasteiger partial charge in [-0.15, -0.1) is 0 Å². The van der Waals surface area contributed by atoms with E-state index in [4.69, 9.17) is 0 Å². The second-order valence-electron chi connectivity index (χ2n) is 9.83. The summed E-state index contributed by atoms with van der Waals surface area (Å²) in [5.74, 6) is -0.275. The topological polar surface area (TPSA) is 112 Å². The minimum Gasteiger partial charge on any atom is -0.365 e. The minimum atomic E-state index is -0.393. The SMILES string of the molecule is O=C(NCCc1ccccn1)[C@H]1Cc2cc([N+](=O)[O-])ccc2N2CCN(CC(=O)N3CCCC3)C[C@@H]12. The Bertz CT molecular complexity index is 1120. The van der Waals surface area contributed by atoms with E-state index in [1.807, 2.05) is 23.1 Å². The van der Waals surface area contributed by atoms with Gasteiger partial charge in [0.25, 0.3) is 5.69 Å². The van der Waals surface area contributed by atoms with Gasteiger partial charge in [0.1, 0.15) is 0 Å². The van der Waals surface area contributed by atoms with Gasteiger partial charge in [-0.05, 0) is 43.0 Å². The molecule has 0 aliphatic carbocycles. The third kappa shape index (κ3) is 5.18.